The first kappa shape index (κ1) is 16.2. The lowest BCUT2D eigenvalue weighted by molar-refractivity contribution is -0.119. The van der Waals surface area contributed by atoms with Crippen molar-refractivity contribution in [3.8, 4) is 0 Å². The lowest BCUT2D eigenvalue weighted by atomic mass is 10.1. The summed E-state index contributed by atoms with van der Waals surface area (Å²) in [5, 5.41) is 3.61. The van der Waals surface area contributed by atoms with Crippen LogP contribution >= 0.6 is 0 Å². The smallest absolute Gasteiger partial charge is 0.246 e. The number of primary amides is 1. The minimum Gasteiger partial charge on any atom is -0.368 e. The Kier molecular flexibility index (Phi) is 4.62. The first-order valence-corrected chi connectivity index (χ1v) is 8.08. The molecule has 0 saturated carbocycles. The van der Waals surface area contributed by atoms with Crippen molar-refractivity contribution in [1.29, 1.82) is 0 Å². The van der Waals surface area contributed by atoms with E-state index in [1.807, 2.05) is 6.07 Å². The number of nitrogens with zero attached hydrogens (tertiary/aromatic N) is 1. The van der Waals surface area contributed by atoms with Gasteiger partial charge in [0.25, 0.3) is 0 Å². The van der Waals surface area contributed by atoms with Gasteiger partial charge < -0.3 is 10.3 Å². The van der Waals surface area contributed by atoms with Gasteiger partial charge in [-0.15, -0.1) is 0 Å². The molecule has 0 unspecified atom stereocenters. The number of nitrogens with two attached hydrogens (primary N) is 1. The van der Waals surface area contributed by atoms with Crippen LogP contribution in [0.5, 0.6) is 0 Å². The highest BCUT2D eigenvalue weighted by Gasteiger charge is 2.29. The lowest BCUT2D eigenvalue weighted by Crippen LogP contribution is -2.45. The van der Waals surface area contributed by atoms with Crippen LogP contribution in [0.3, 0.4) is 0 Å². The molecule has 1 amide bonds. The van der Waals surface area contributed by atoms with Crippen LogP contribution in [0.2, 0.25) is 0 Å². The molecule has 1 aromatic carbocycles. The van der Waals surface area contributed by atoms with Gasteiger partial charge >= 0.3 is 0 Å². The van der Waals surface area contributed by atoms with Crippen molar-refractivity contribution < 1.29 is 17.7 Å². The molecule has 2 aromatic rings. The minimum absolute atomic E-state index is 0.0631. The fraction of sp³-hybridized carbons (Fsp3) is 0.286. The Morgan fingerprint density at radius 3 is 2.45 bits per heavy atom. The Morgan fingerprint density at radius 2 is 1.95 bits per heavy atom. The molecule has 3 N–H and O–H groups in total. The standard InChI is InChI=1S/C14H17N3O4S/c1-9-13(10(2)21-16-9)22(19,20)17-12(14(15)18)8-11-6-4-3-5-7-11/h3-7,12,17H,8H2,1-2H3,(H2,15,18)/t12-/m0/s1. The molecule has 0 bridgehead atoms. The van der Waals surface area contributed by atoms with E-state index in [1.54, 1.807) is 24.3 Å². The van der Waals surface area contributed by atoms with Crippen molar-refractivity contribution in [2.24, 2.45) is 5.73 Å². The van der Waals surface area contributed by atoms with Crippen LogP contribution in [0, 0.1) is 13.8 Å². The Bertz CT molecular complexity index is 749. The molecule has 0 aliphatic carbocycles. The van der Waals surface area contributed by atoms with Crippen LogP contribution in [-0.2, 0) is 21.2 Å². The van der Waals surface area contributed by atoms with E-state index in [0.717, 1.165) is 5.56 Å². The first-order chi connectivity index (χ1) is 10.3. The van der Waals surface area contributed by atoms with Crippen molar-refractivity contribution in [3.05, 3.63) is 47.3 Å². The zero-order valence-electron chi connectivity index (χ0n) is 12.2. The molecule has 1 aromatic heterocycles. The van der Waals surface area contributed by atoms with Crippen molar-refractivity contribution in [3.63, 3.8) is 0 Å². The maximum atomic E-state index is 12.4. The molecule has 1 atom stereocenters. The van der Waals surface area contributed by atoms with Gasteiger partial charge in [0.15, 0.2) is 5.76 Å². The van der Waals surface area contributed by atoms with E-state index < -0.39 is 22.0 Å². The van der Waals surface area contributed by atoms with E-state index >= 15 is 0 Å². The molecule has 1 heterocycles. The molecule has 2 rings (SSSR count). The van der Waals surface area contributed by atoms with Gasteiger partial charge in [-0.25, -0.2) is 8.42 Å². The van der Waals surface area contributed by atoms with E-state index in [1.165, 1.54) is 13.8 Å². The monoisotopic (exact) mass is 323 g/mol. The van der Waals surface area contributed by atoms with Gasteiger partial charge in [0, 0.05) is 0 Å². The number of sulfonamides is 1. The molecule has 7 nitrogen and oxygen atoms in total. The molecule has 0 aliphatic rings. The maximum absolute atomic E-state index is 12.4. The van der Waals surface area contributed by atoms with Gasteiger partial charge in [0.1, 0.15) is 16.6 Å². The highest BCUT2D eigenvalue weighted by molar-refractivity contribution is 7.89. The Balaban J connectivity index is 2.26. The quantitative estimate of drug-likeness (QED) is 0.810. The van der Waals surface area contributed by atoms with E-state index in [-0.39, 0.29) is 22.8 Å². The summed E-state index contributed by atoms with van der Waals surface area (Å²) in [7, 11) is -3.95. The number of carbonyl (C=O) groups excluding carboxylic acids is 1. The highest BCUT2D eigenvalue weighted by atomic mass is 32.2. The predicted molar refractivity (Wildman–Crippen MR) is 79.4 cm³/mol. The van der Waals surface area contributed by atoms with E-state index in [0.29, 0.717) is 0 Å². The molecule has 118 valence electrons. The van der Waals surface area contributed by atoms with E-state index in [2.05, 4.69) is 9.88 Å². The second-order valence-corrected chi connectivity index (χ2v) is 6.57. The number of aryl methyl sites for hydroxylation is 2. The number of hydrogen-bond donors (Lipinski definition) is 2. The van der Waals surface area contributed by atoms with E-state index in [4.69, 9.17) is 10.3 Å². The Labute approximate surface area is 128 Å². The molecule has 0 saturated heterocycles. The van der Waals surface area contributed by atoms with Gasteiger partial charge in [-0.2, -0.15) is 4.72 Å². The summed E-state index contributed by atoms with van der Waals surface area (Å²) in [5.74, 6) is -0.591. The molecule has 8 heteroatoms. The highest BCUT2D eigenvalue weighted by Crippen LogP contribution is 2.19. The molecule has 0 radical (unpaired) electrons. The van der Waals surface area contributed by atoms with Gasteiger partial charge in [0.05, 0.1) is 0 Å². The zero-order valence-corrected chi connectivity index (χ0v) is 13.1. The average Bonchev–Trinajstić information content (AvgIpc) is 2.79. The third-order valence-corrected chi connectivity index (χ3v) is 4.88. The summed E-state index contributed by atoms with van der Waals surface area (Å²) < 4.78 is 32.0. The van der Waals surface area contributed by atoms with Gasteiger partial charge in [-0.3, -0.25) is 4.79 Å². The van der Waals surface area contributed by atoms with Crippen LogP contribution in [0.4, 0.5) is 0 Å². The fourth-order valence-electron chi connectivity index (χ4n) is 2.15. The maximum Gasteiger partial charge on any atom is 0.246 e. The first-order valence-electron chi connectivity index (χ1n) is 6.59. The number of nitrogens with one attached hydrogen (secondary N) is 1. The predicted octanol–water partition coefficient (Wildman–Crippen LogP) is 0.666. The topological polar surface area (TPSA) is 115 Å². The Morgan fingerprint density at radius 1 is 1.32 bits per heavy atom. The second kappa shape index (κ2) is 6.29. The van der Waals surface area contributed by atoms with Gasteiger partial charge in [-0.05, 0) is 25.8 Å². The number of amides is 1. The van der Waals surface area contributed by atoms with Crippen LogP contribution in [0.25, 0.3) is 0 Å². The Hall–Kier alpha value is -2.19. The normalized spacial score (nSPS) is 13.0. The molecular weight excluding hydrogens is 306 g/mol. The molecule has 0 spiro atoms. The van der Waals surface area contributed by atoms with Crippen LogP contribution < -0.4 is 10.5 Å². The molecule has 0 fully saturated rings. The van der Waals surface area contributed by atoms with Crippen molar-refractivity contribution in [2.45, 2.75) is 31.2 Å². The largest absolute Gasteiger partial charge is 0.368 e. The number of carbonyl (C=O) groups is 1. The molecule has 0 aliphatic heterocycles. The average molecular weight is 323 g/mol. The lowest BCUT2D eigenvalue weighted by Gasteiger charge is -2.15. The zero-order chi connectivity index (χ0) is 16.3. The fourth-order valence-corrected chi connectivity index (χ4v) is 3.69. The second-order valence-electron chi connectivity index (χ2n) is 4.92. The summed E-state index contributed by atoms with van der Waals surface area (Å²) in [6.45, 7) is 3.01. The number of aromatic nitrogens is 1. The SMILES string of the molecule is Cc1noc(C)c1S(=O)(=O)N[C@@H](Cc1ccccc1)C(N)=O. The summed E-state index contributed by atoms with van der Waals surface area (Å²) in [6, 6.07) is 7.96. The third kappa shape index (κ3) is 3.52. The van der Waals surface area contributed by atoms with Gasteiger partial charge in [-0.1, -0.05) is 35.5 Å². The van der Waals surface area contributed by atoms with Crippen molar-refractivity contribution >= 4 is 15.9 Å². The van der Waals surface area contributed by atoms with Crippen LogP contribution in [-0.4, -0.2) is 25.5 Å². The van der Waals surface area contributed by atoms with Crippen molar-refractivity contribution in [2.75, 3.05) is 0 Å². The molecular formula is C14H17N3O4S. The summed E-state index contributed by atoms with van der Waals surface area (Å²) in [6.07, 6.45) is 0.165. The van der Waals surface area contributed by atoms with Crippen LogP contribution in [0.1, 0.15) is 17.0 Å². The number of benzene rings is 1. The van der Waals surface area contributed by atoms with Gasteiger partial charge in [0.2, 0.25) is 15.9 Å². The summed E-state index contributed by atoms with van der Waals surface area (Å²) >= 11 is 0. The number of rotatable bonds is 6. The minimum atomic E-state index is -3.95. The summed E-state index contributed by atoms with van der Waals surface area (Å²) in [4.78, 5) is 11.5. The number of hydrogen-bond acceptors (Lipinski definition) is 5. The van der Waals surface area contributed by atoms with E-state index in [9.17, 15) is 13.2 Å². The summed E-state index contributed by atoms with van der Waals surface area (Å²) in [5.41, 5.74) is 6.34. The third-order valence-electron chi connectivity index (χ3n) is 3.16. The van der Waals surface area contributed by atoms with Crippen LogP contribution in [0.15, 0.2) is 39.8 Å². The molecule has 22 heavy (non-hydrogen) atoms. The van der Waals surface area contributed by atoms with Crippen molar-refractivity contribution in [1.82, 2.24) is 9.88 Å².